The molecule has 102 valence electrons. The number of rotatable bonds is 4. The first kappa shape index (κ1) is 14.4. The van der Waals surface area contributed by atoms with Gasteiger partial charge in [0.25, 0.3) is 12.3 Å². The minimum absolute atomic E-state index is 0.468. The smallest absolute Gasteiger partial charge is 0.478 e. The van der Waals surface area contributed by atoms with E-state index in [1.165, 1.54) is 0 Å². The fourth-order valence-corrected chi connectivity index (χ4v) is 1.19. The van der Waals surface area contributed by atoms with Crippen LogP contribution in [-0.4, -0.2) is 23.6 Å². The molecule has 0 saturated carbocycles. The van der Waals surface area contributed by atoms with Gasteiger partial charge in [-0.25, -0.2) is 13.8 Å². The number of methoxy groups -OCH3 is 1. The first-order chi connectivity index (χ1) is 8.28. The van der Waals surface area contributed by atoms with Gasteiger partial charge < -0.3 is 14.6 Å². The third-order valence-corrected chi connectivity index (χ3v) is 1.86. The van der Waals surface area contributed by atoms with E-state index in [1.54, 1.807) is 0 Å². The summed E-state index contributed by atoms with van der Waals surface area (Å²) < 4.78 is 69.1. The summed E-state index contributed by atoms with van der Waals surface area (Å²) in [5.74, 6) is -1.63. The first-order valence-electron chi connectivity index (χ1n) is 4.51. The van der Waals surface area contributed by atoms with E-state index >= 15 is 0 Å². The largest absolute Gasteiger partial charge is 0.573 e. The quantitative estimate of drug-likeness (QED) is 0.856. The molecule has 1 rings (SSSR count). The molecular weight excluding hydrogens is 265 g/mol. The van der Waals surface area contributed by atoms with Crippen molar-refractivity contribution < 1.29 is 36.5 Å². The van der Waals surface area contributed by atoms with Gasteiger partial charge in [0.2, 0.25) is 0 Å². The molecule has 0 aliphatic carbocycles. The SMILES string of the molecule is COc1nc(C(F)F)c(CO)cc1OC(F)(F)F. The van der Waals surface area contributed by atoms with Crippen molar-refractivity contribution in [3.05, 3.63) is 17.3 Å². The van der Waals surface area contributed by atoms with Gasteiger partial charge in [0.1, 0.15) is 5.69 Å². The highest BCUT2D eigenvalue weighted by atomic mass is 19.4. The summed E-state index contributed by atoms with van der Waals surface area (Å²) in [5.41, 5.74) is -1.33. The van der Waals surface area contributed by atoms with Gasteiger partial charge in [0.05, 0.1) is 13.7 Å². The summed E-state index contributed by atoms with van der Waals surface area (Å²) in [5, 5.41) is 8.80. The van der Waals surface area contributed by atoms with Crippen molar-refractivity contribution in [2.75, 3.05) is 7.11 Å². The fourth-order valence-electron chi connectivity index (χ4n) is 1.19. The number of pyridine rings is 1. The van der Waals surface area contributed by atoms with Gasteiger partial charge in [0.15, 0.2) is 5.75 Å². The van der Waals surface area contributed by atoms with E-state index in [4.69, 9.17) is 5.11 Å². The van der Waals surface area contributed by atoms with Gasteiger partial charge in [-0.3, -0.25) is 0 Å². The third-order valence-electron chi connectivity index (χ3n) is 1.86. The molecule has 0 aromatic carbocycles. The highest BCUT2D eigenvalue weighted by Crippen LogP contribution is 2.34. The highest BCUT2D eigenvalue weighted by molar-refractivity contribution is 5.40. The first-order valence-corrected chi connectivity index (χ1v) is 4.51. The fraction of sp³-hybridized carbons (Fsp3) is 0.444. The Labute approximate surface area is 98.0 Å². The van der Waals surface area contributed by atoms with Crippen LogP contribution in [0.2, 0.25) is 0 Å². The van der Waals surface area contributed by atoms with Crippen LogP contribution in [-0.2, 0) is 6.61 Å². The maximum Gasteiger partial charge on any atom is 0.573 e. The van der Waals surface area contributed by atoms with Crippen molar-refractivity contribution in [3.8, 4) is 11.6 Å². The van der Waals surface area contributed by atoms with Gasteiger partial charge in [-0.05, 0) is 6.07 Å². The normalized spacial score (nSPS) is 11.8. The van der Waals surface area contributed by atoms with Crippen LogP contribution in [0.4, 0.5) is 22.0 Å². The average molecular weight is 273 g/mol. The number of aliphatic hydroxyl groups is 1. The van der Waals surface area contributed by atoms with Crippen LogP contribution < -0.4 is 9.47 Å². The average Bonchev–Trinajstić information content (AvgIpc) is 2.25. The molecule has 0 fully saturated rings. The Hall–Kier alpha value is -1.64. The Kier molecular flexibility index (Phi) is 4.28. The molecule has 4 nitrogen and oxygen atoms in total. The summed E-state index contributed by atoms with van der Waals surface area (Å²) >= 11 is 0. The lowest BCUT2D eigenvalue weighted by molar-refractivity contribution is -0.275. The molecule has 0 aliphatic rings. The Bertz CT molecular complexity index is 421. The second-order valence-electron chi connectivity index (χ2n) is 3.05. The van der Waals surface area contributed by atoms with Crippen LogP contribution in [0.15, 0.2) is 6.07 Å². The Balaban J connectivity index is 3.26. The minimum atomic E-state index is -5.02. The molecule has 0 saturated heterocycles. The molecule has 9 heteroatoms. The van der Waals surface area contributed by atoms with Gasteiger partial charge >= 0.3 is 6.36 Å². The number of hydrogen-bond donors (Lipinski definition) is 1. The molecule has 18 heavy (non-hydrogen) atoms. The lowest BCUT2D eigenvalue weighted by Gasteiger charge is -2.14. The van der Waals surface area contributed by atoms with Gasteiger partial charge in [0, 0.05) is 5.56 Å². The molecule has 0 unspecified atom stereocenters. The van der Waals surface area contributed by atoms with Crippen LogP contribution in [0.1, 0.15) is 17.7 Å². The molecule has 0 bridgehead atoms. The standard InChI is InChI=1S/C9H8F5NO3/c1-17-8-5(18-9(12,13)14)2-4(3-16)6(15-8)7(10)11/h2,7,16H,3H2,1H3. The second kappa shape index (κ2) is 5.34. The molecule has 1 heterocycles. The number of aliphatic hydroxyl groups excluding tert-OH is 1. The van der Waals surface area contributed by atoms with Gasteiger partial charge in [-0.15, -0.1) is 13.2 Å². The molecule has 1 N–H and O–H groups in total. The molecule has 0 atom stereocenters. The lowest BCUT2D eigenvalue weighted by atomic mass is 10.2. The maximum absolute atomic E-state index is 12.5. The van der Waals surface area contributed by atoms with Crippen molar-refractivity contribution in [1.82, 2.24) is 4.98 Å². The molecule has 0 amide bonds. The van der Waals surface area contributed by atoms with E-state index in [0.29, 0.717) is 6.07 Å². The highest BCUT2D eigenvalue weighted by Gasteiger charge is 2.33. The molecule has 0 aliphatic heterocycles. The predicted octanol–water partition coefficient (Wildman–Crippen LogP) is 2.42. The van der Waals surface area contributed by atoms with Crippen molar-refractivity contribution in [2.45, 2.75) is 19.4 Å². The molecular formula is C9H8F5NO3. The summed E-state index contributed by atoms with van der Waals surface area (Å²) in [7, 11) is 0.958. The molecule has 1 aromatic rings. The third kappa shape index (κ3) is 3.42. The van der Waals surface area contributed by atoms with Crippen molar-refractivity contribution in [2.24, 2.45) is 0 Å². The zero-order valence-electron chi connectivity index (χ0n) is 8.96. The minimum Gasteiger partial charge on any atom is -0.478 e. The van der Waals surface area contributed by atoms with E-state index in [2.05, 4.69) is 14.5 Å². The molecule has 1 aromatic heterocycles. The summed E-state index contributed by atoms with van der Waals surface area (Å²) in [4.78, 5) is 3.19. The maximum atomic E-state index is 12.5. The Morgan fingerprint density at radius 3 is 2.39 bits per heavy atom. The van der Waals surface area contributed by atoms with Crippen molar-refractivity contribution in [3.63, 3.8) is 0 Å². The van der Waals surface area contributed by atoms with E-state index in [-0.39, 0.29) is 0 Å². The van der Waals surface area contributed by atoms with Crippen molar-refractivity contribution >= 4 is 0 Å². The number of aromatic nitrogens is 1. The summed E-state index contributed by atoms with van der Waals surface area (Å²) in [6.07, 6.45) is -8.07. The van der Waals surface area contributed by atoms with Crippen molar-refractivity contribution in [1.29, 1.82) is 0 Å². The zero-order valence-corrected chi connectivity index (χ0v) is 8.96. The summed E-state index contributed by atoms with van der Waals surface area (Å²) in [6.45, 7) is -0.898. The Morgan fingerprint density at radius 1 is 1.39 bits per heavy atom. The van der Waals surface area contributed by atoms with Gasteiger partial charge in [-0.1, -0.05) is 0 Å². The zero-order chi connectivity index (χ0) is 13.9. The number of ether oxygens (including phenoxy) is 2. The van der Waals surface area contributed by atoms with E-state index < -0.39 is 42.3 Å². The monoisotopic (exact) mass is 273 g/mol. The topological polar surface area (TPSA) is 51.6 Å². The van der Waals surface area contributed by atoms with E-state index in [9.17, 15) is 22.0 Å². The van der Waals surface area contributed by atoms with Crippen LogP contribution in [0.3, 0.4) is 0 Å². The second-order valence-corrected chi connectivity index (χ2v) is 3.05. The number of hydrogen-bond acceptors (Lipinski definition) is 4. The lowest BCUT2D eigenvalue weighted by Crippen LogP contribution is -2.18. The van der Waals surface area contributed by atoms with E-state index in [0.717, 1.165) is 7.11 Å². The predicted molar refractivity (Wildman–Crippen MR) is 48.4 cm³/mol. The van der Waals surface area contributed by atoms with Crippen LogP contribution in [0.5, 0.6) is 11.6 Å². The Morgan fingerprint density at radius 2 is 2.00 bits per heavy atom. The molecule has 0 radical (unpaired) electrons. The van der Waals surface area contributed by atoms with E-state index in [1.807, 2.05) is 0 Å². The van der Waals surface area contributed by atoms with Gasteiger partial charge in [-0.2, -0.15) is 0 Å². The van der Waals surface area contributed by atoms with Crippen LogP contribution in [0.25, 0.3) is 0 Å². The van der Waals surface area contributed by atoms with Crippen LogP contribution >= 0.6 is 0 Å². The summed E-state index contributed by atoms with van der Waals surface area (Å²) in [6, 6.07) is 0.612. The number of halogens is 5. The number of nitrogens with zero attached hydrogens (tertiary/aromatic N) is 1. The number of alkyl halides is 5. The molecule has 0 spiro atoms. The van der Waals surface area contributed by atoms with Crippen LogP contribution in [0, 0.1) is 0 Å².